The van der Waals surface area contributed by atoms with Crippen LogP contribution >= 0.6 is 0 Å². The molecule has 1 unspecified atom stereocenters. The van der Waals surface area contributed by atoms with E-state index < -0.39 is 23.8 Å². The monoisotopic (exact) mass is 722 g/mol. The van der Waals surface area contributed by atoms with Crippen molar-refractivity contribution in [1.82, 2.24) is 15.1 Å². The van der Waals surface area contributed by atoms with Crippen LogP contribution in [0.3, 0.4) is 0 Å². The Kier molecular flexibility index (Phi) is 9.05. The van der Waals surface area contributed by atoms with Gasteiger partial charge in [0.15, 0.2) is 0 Å². The summed E-state index contributed by atoms with van der Waals surface area (Å²) in [6.45, 7) is 4.58. The minimum atomic E-state index is -0.940. The number of carbonyl (C=O) groups is 4. The quantitative estimate of drug-likeness (QED) is 0.196. The molecule has 9 rings (SSSR count). The summed E-state index contributed by atoms with van der Waals surface area (Å²) in [5, 5.41) is 12.5. The van der Waals surface area contributed by atoms with Gasteiger partial charge in [0, 0.05) is 44.2 Å². The van der Waals surface area contributed by atoms with E-state index in [1.54, 1.807) is 0 Å². The third kappa shape index (κ3) is 6.38. The summed E-state index contributed by atoms with van der Waals surface area (Å²) >= 11 is 0. The zero-order valence-corrected chi connectivity index (χ0v) is 30.5. The molecule has 0 radical (unpaired) electrons. The summed E-state index contributed by atoms with van der Waals surface area (Å²) in [5.41, 5.74) is 9.44. The molecule has 4 heterocycles. The van der Waals surface area contributed by atoms with Gasteiger partial charge in [-0.25, -0.2) is 0 Å². The zero-order chi connectivity index (χ0) is 36.9. The number of rotatable bonds is 8. The molecule has 5 aliphatic rings. The van der Waals surface area contributed by atoms with Crippen LogP contribution in [0.4, 0.5) is 5.69 Å². The molecule has 1 aliphatic carbocycles. The highest BCUT2D eigenvalue weighted by molar-refractivity contribution is 6.23. The summed E-state index contributed by atoms with van der Waals surface area (Å²) in [7, 11) is 0. The van der Waals surface area contributed by atoms with Gasteiger partial charge < -0.3 is 10.0 Å². The fraction of sp³-hybridized carbons (Fsp3) is 0.378. The highest BCUT2D eigenvalue weighted by Crippen LogP contribution is 2.47. The number of imide groups is 2. The number of phenols is 1. The zero-order valence-electron chi connectivity index (χ0n) is 30.5. The lowest BCUT2D eigenvalue weighted by Gasteiger charge is -2.36. The first-order chi connectivity index (χ1) is 26.3. The Balaban J connectivity index is 0.777. The predicted molar refractivity (Wildman–Crippen MR) is 205 cm³/mol. The number of anilines is 1. The second-order valence-electron chi connectivity index (χ2n) is 15.9. The van der Waals surface area contributed by atoms with Crippen LogP contribution < -0.4 is 10.2 Å². The molecule has 0 aromatic heterocycles. The third-order valence-electron chi connectivity index (χ3n) is 12.7. The number of nitrogens with one attached hydrogen (secondary N) is 1. The number of carbonyl (C=O) groups excluding carboxylic acids is 4. The molecule has 9 heteroatoms. The van der Waals surface area contributed by atoms with Crippen LogP contribution in [-0.4, -0.2) is 64.2 Å². The van der Waals surface area contributed by atoms with Gasteiger partial charge in [-0.1, -0.05) is 48.5 Å². The fourth-order valence-corrected chi connectivity index (χ4v) is 9.85. The maximum atomic E-state index is 13.3. The topological polar surface area (TPSA) is 110 Å². The van der Waals surface area contributed by atoms with Crippen LogP contribution in [-0.2, 0) is 29.1 Å². The average Bonchev–Trinajstić information content (AvgIpc) is 3.70. The SMILES string of the molecule is O=C1CCC(N2C(=O)c3cc4c(cc3C2=O)CN(CCCC2CCN(c3ccc([C@@H]5c6ccc(O)cc6CC[C@@H]5c5ccccc5)cc3)CC2)C4)C(=O)N1. The van der Waals surface area contributed by atoms with Crippen molar-refractivity contribution in [2.24, 2.45) is 5.92 Å². The van der Waals surface area contributed by atoms with Crippen molar-refractivity contribution in [3.8, 4) is 5.75 Å². The number of nitrogens with zero attached hydrogens (tertiary/aromatic N) is 3. The molecule has 0 spiro atoms. The molecule has 0 bridgehead atoms. The molecular formula is C45H46N4O5. The molecule has 0 saturated carbocycles. The summed E-state index contributed by atoms with van der Waals surface area (Å²) < 4.78 is 0. The number of amides is 4. The lowest BCUT2D eigenvalue weighted by molar-refractivity contribution is -0.136. The standard InChI is InChI=1S/C45H46N4O5/c50-35-13-15-37-31(23-35)10-14-36(29-6-2-1-3-7-29)42(37)30-8-11-34(12-9-30)48-21-18-28(19-22-48)5-4-20-47-26-32-24-38-39(25-33(32)27-47)45(54)49(44(38)53)40-16-17-41(51)46-43(40)52/h1-3,6-9,11-13,15,23-25,28,36,40,42,50H,4-5,10,14,16-22,26-27H2,(H,46,51,52)/t36-,40?,42+/m1/s1. The maximum absolute atomic E-state index is 13.3. The lowest BCUT2D eigenvalue weighted by atomic mass is 9.69. The maximum Gasteiger partial charge on any atom is 0.262 e. The van der Waals surface area contributed by atoms with Gasteiger partial charge in [0.1, 0.15) is 11.8 Å². The van der Waals surface area contributed by atoms with Gasteiger partial charge in [-0.05, 0) is 133 Å². The van der Waals surface area contributed by atoms with Gasteiger partial charge in [-0.3, -0.25) is 34.3 Å². The molecule has 276 valence electrons. The fourth-order valence-electron chi connectivity index (χ4n) is 9.85. The van der Waals surface area contributed by atoms with Crippen molar-refractivity contribution in [1.29, 1.82) is 0 Å². The Morgan fingerprint density at radius 2 is 1.41 bits per heavy atom. The molecule has 2 fully saturated rings. The number of phenolic OH excluding ortho intramolecular Hbond substituents is 1. The second-order valence-corrected chi connectivity index (χ2v) is 15.9. The predicted octanol–water partition coefficient (Wildman–Crippen LogP) is 6.67. The Morgan fingerprint density at radius 3 is 2.09 bits per heavy atom. The van der Waals surface area contributed by atoms with Crippen LogP contribution in [0.1, 0.15) is 111 Å². The number of piperidine rings is 2. The molecule has 4 aliphatic heterocycles. The Bertz CT molecular complexity index is 2080. The lowest BCUT2D eigenvalue weighted by Crippen LogP contribution is -2.54. The van der Waals surface area contributed by atoms with E-state index in [2.05, 4.69) is 75.8 Å². The molecule has 3 atom stereocenters. The van der Waals surface area contributed by atoms with Gasteiger partial charge >= 0.3 is 0 Å². The second kappa shape index (κ2) is 14.2. The number of hydrogen-bond donors (Lipinski definition) is 2. The highest BCUT2D eigenvalue weighted by Gasteiger charge is 2.45. The number of hydrogen-bond acceptors (Lipinski definition) is 7. The van der Waals surface area contributed by atoms with Gasteiger partial charge in [0.25, 0.3) is 11.8 Å². The molecular weight excluding hydrogens is 677 g/mol. The Hall–Kier alpha value is -5.28. The van der Waals surface area contributed by atoms with Gasteiger partial charge in [0.2, 0.25) is 11.8 Å². The largest absolute Gasteiger partial charge is 0.508 e. The van der Waals surface area contributed by atoms with E-state index in [1.807, 2.05) is 24.3 Å². The number of aromatic hydroxyl groups is 1. The van der Waals surface area contributed by atoms with Gasteiger partial charge in [-0.2, -0.15) is 0 Å². The minimum Gasteiger partial charge on any atom is -0.508 e. The minimum absolute atomic E-state index is 0.114. The Morgan fingerprint density at radius 1 is 0.704 bits per heavy atom. The van der Waals surface area contributed by atoms with E-state index in [-0.39, 0.29) is 24.7 Å². The normalized spacial score (nSPS) is 23.0. The summed E-state index contributed by atoms with van der Waals surface area (Å²) in [5.74, 6) is -0.154. The van der Waals surface area contributed by atoms with E-state index >= 15 is 0 Å². The molecule has 2 N–H and O–H groups in total. The van der Waals surface area contributed by atoms with Crippen LogP contribution in [0.15, 0.2) is 84.9 Å². The van der Waals surface area contributed by atoms with Crippen molar-refractivity contribution in [2.45, 2.75) is 82.3 Å². The summed E-state index contributed by atoms with van der Waals surface area (Å²) in [4.78, 5) is 56.6. The van der Waals surface area contributed by atoms with Crippen molar-refractivity contribution in [2.75, 3.05) is 24.5 Å². The molecule has 54 heavy (non-hydrogen) atoms. The van der Waals surface area contributed by atoms with Crippen LogP contribution in [0.25, 0.3) is 0 Å². The van der Waals surface area contributed by atoms with Crippen LogP contribution in [0.5, 0.6) is 5.75 Å². The number of benzene rings is 4. The van der Waals surface area contributed by atoms with E-state index in [0.29, 0.717) is 28.7 Å². The molecule has 4 aromatic carbocycles. The smallest absolute Gasteiger partial charge is 0.262 e. The van der Waals surface area contributed by atoms with E-state index in [9.17, 15) is 24.3 Å². The summed E-state index contributed by atoms with van der Waals surface area (Å²) in [6, 6.07) is 28.8. The van der Waals surface area contributed by atoms with Gasteiger partial charge in [0.05, 0.1) is 11.1 Å². The van der Waals surface area contributed by atoms with Crippen LogP contribution in [0, 0.1) is 5.92 Å². The highest BCUT2D eigenvalue weighted by atomic mass is 16.3. The van der Waals surface area contributed by atoms with Crippen molar-refractivity contribution in [3.05, 3.63) is 129 Å². The Labute approximate surface area is 316 Å². The molecule has 2 saturated heterocycles. The van der Waals surface area contributed by atoms with Crippen LogP contribution in [0.2, 0.25) is 0 Å². The molecule has 9 nitrogen and oxygen atoms in total. The molecule has 4 amide bonds. The first kappa shape index (κ1) is 34.5. The first-order valence-electron chi connectivity index (χ1n) is 19.6. The van der Waals surface area contributed by atoms with Gasteiger partial charge in [-0.15, -0.1) is 0 Å². The van der Waals surface area contributed by atoms with E-state index in [0.717, 1.165) is 68.0 Å². The number of fused-ring (bicyclic) bond motifs is 3. The summed E-state index contributed by atoms with van der Waals surface area (Å²) in [6.07, 6.45) is 6.96. The van der Waals surface area contributed by atoms with E-state index in [1.165, 1.54) is 47.2 Å². The van der Waals surface area contributed by atoms with Crippen molar-refractivity contribution in [3.63, 3.8) is 0 Å². The number of aryl methyl sites for hydroxylation is 1. The van der Waals surface area contributed by atoms with Crippen molar-refractivity contribution >= 4 is 29.3 Å². The molecule has 4 aromatic rings. The van der Waals surface area contributed by atoms with E-state index in [4.69, 9.17) is 0 Å². The average molecular weight is 723 g/mol. The first-order valence-corrected chi connectivity index (χ1v) is 19.6. The third-order valence-corrected chi connectivity index (χ3v) is 12.7. The van der Waals surface area contributed by atoms with Crippen molar-refractivity contribution < 1.29 is 24.3 Å².